The second-order valence-electron chi connectivity index (χ2n) is 3.70. The van der Waals surface area contributed by atoms with E-state index in [4.69, 9.17) is 5.84 Å². The number of hydrogen-bond acceptors (Lipinski definition) is 2. The molecule has 1 fully saturated rings. The van der Waals surface area contributed by atoms with Crippen LogP contribution in [0.4, 0.5) is 5.69 Å². The normalized spacial score (nSPS) is 17.0. The maximum Gasteiger partial charge on any atom is 0.210 e. The molecule has 0 aliphatic heterocycles. The lowest BCUT2D eigenvalue weighted by molar-refractivity contribution is 0.419. The highest BCUT2D eigenvalue weighted by Gasteiger charge is 2.16. The number of anilines is 1. The first-order valence-electron chi connectivity index (χ1n) is 5.25. The number of hydrazine groups is 1. The van der Waals surface area contributed by atoms with E-state index in [1.807, 2.05) is 30.3 Å². The van der Waals surface area contributed by atoms with Crippen LogP contribution >= 0.6 is 0 Å². The molecule has 0 spiro atoms. The molecule has 4 nitrogen and oxygen atoms in total. The van der Waals surface area contributed by atoms with Crippen molar-refractivity contribution in [2.24, 2.45) is 10.8 Å². The van der Waals surface area contributed by atoms with E-state index in [1.165, 1.54) is 19.3 Å². The van der Waals surface area contributed by atoms with Crippen LogP contribution in [0.15, 0.2) is 35.3 Å². The molecule has 1 aliphatic carbocycles. The standard InChI is InChI=1S/C11H16N4/c12-15-11(14-10-7-4-8-10)13-9-5-2-1-3-6-9/h1-3,5-6,10H,4,7-8,12H2,(H2,13,14,15). The summed E-state index contributed by atoms with van der Waals surface area (Å²) in [5, 5.41) is 3.14. The van der Waals surface area contributed by atoms with Crippen molar-refractivity contribution in [3.63, 3.8) is 0 Å². The fourth-order valence-corrected chi connectivity index (χ4v) is 1.46. The molecule has 0 bridgehead atoms. The van der Waals surface area contributed by atoms with E-state index >= 15 is 0 Å². The topological polar surface area (TPSA) is 62.4 Å². The number of guanidine groups is 1. The van der Waals surface area contributed by atoms with Gasteiger partial charge in [-0.3, -0.25) is 5.43 Å². The van der Waals surface area contributed by atoms with Crippen LogP contribution in [0, 0.1) is 0 Å². The highest BCUT2D eigenvalue weighted by atomic mass is 15.3. The molecule has 4 N–H and O–H groups in total. The number of nitrogens with zero attached hydrogens (tertiary/aromatic N) is 1. The van der Waals surface area contributed by atoms with E-state index in [0.29, 0.717) is 12.0 Å². The molecule has 4 heteroatoms. The number of hydrogen-bond donors (Lipinski definition) is 3. The Hall–Kier alpha value is -1.55. The number of rotatable bonds is 2. The minimum atomic E-state index is 0.437. The second kappa shape index (κ2) is 4.79. The van der Waals surface area contributed by atoms with Crippen LogP contribution in [0.1, 0.15) is 19.3 Å². The summed E-state index contributed by atoms with van der Waals surface area (Å²) in [4.78, 5) is 4.46. The van der Waals surface area contributed by atoms with E-state index in [1.54, 1.807) is 0 Å². The van der Waals surface area contributed by atoms with Gasteiger partial charge in [0.05, 0.1) is 6.04 Å². The van der Waals surface area contributed by atoms with Crippen molar-refractivity contribution in [1.29, 1.82) is 0 Å². The first-order chi connectivity index (χ1) is 7.38. The average Bonchev–Trinajstić information content (AvgIpc) is 2.23. The van der Waals surface area contributed by atoms with Gasteiger partial charge in [-0.2, -0.15) is 0 Å². The zero-order chi connectivity index (χ0) is 10.5. The fourth-order valence-electron chi connectivity index (χ4n) is 1.46. The Kier molecular flexibility index (Phi) is 3.19. The Labute approximate surface area is 89.6 Å². The fraction of sp³-hybridized carbons (Fsp3) is 0.364. The van der Waals surface area contributed by atoms with Gasteiger partial charge in [0.1, 0.15) is 0 Å². The van der Waals surface area contributed by atoms with E-state index in [9.17, 15) is 0 Å². The third-order valence-corrected chi connectivity index (χ3v) is 2.56. The second-order valence-corrected chi connectivity index (χ2v) is 3.70. The molecular weight excluding hydrogens is 188 g/mol. The minimum absolute atomic E-state index is 0.437. The number of benzene rings is 1. The zero-order valence-corrected chi connectivity index (χ0v) is 8.61. The van der Waals surface area contributed by atoms with Gasteiger partial charge in [-0.25, -0.2) is 10.8 Å². The van der Waals surface area contributed by atoms with Crippen LogP contribution < -0.4 is 16.6 Å². The van der Waals surface area contributed by atoms with Gasteiger partial charge in [0, 0.05) is 5.69 Å². The number of para-hydroxylation sites is 1. The monoisotopic (exact) mass is 204 g/mol. The average molecular weight is 204 g/mol. The van der Waals surface area contributed by atoms with Crippen molar-refractivity contribution < 1.29 is 0 Å². The molecule has 0 saturated heterocycles. The molecule has 0 amide bonds. The van der Waals surface area contributed by atoms with E-state index in [0.717, 1.165) is 5.69 Å². The summed E-state index contributed by atoms with van der Waals surface area (Å²) in [5.74, 6) is 6.05. The van der Waals surface area contributed by atoms with Crippen LogP contribution in [-0.2, 0) is 0 Å². The highest BCUT2D eigenvalue weighted by Crippen LogP contribution is 2.21. The maximum absolute atomic E-state index is 5.40. The molecule has 80 valence electrons. The summed E-state index contributed by atoms with van der Waals surface area (Å²) >= 11 is 0. The van der Waals surface area contributed by atoms with Crippen molar-refractivity contribution >= 4 is 11.6 Å². The molecule has 15 heavy (non-hydrogen) atoms. The van der Waals surface area contributed by atoms with Gasteiger partial charge >= 0.3 is 0 Å². The maximum atomic E-state index is 5.40. The summed E-state index contributed by atoms with van der Waals surface area (Å²) in [6.07, 6.45) is 3.61. The third-order valence-electron chi connectivity index (χ3n) is 2.56. The van der Waals surface area contributed by atoms with Crippen LogP contribution in [0.5, 0.6) is 0 Å². The molecule has 1 aromatic rings. The summed E-state index contributed by atoms with van der Waals surface area (Å²) in [7, 11) is 0. The lowest BCUT2D eigenvalue weighted by Gasteiger charge is -2.22. The van der Waals surface area contributed by atoms with E-state index in [-0.39, 0.29) is 0 Å². The van der Waals surface area contributed by atoms with Crippen LogP contribution in [0.3, 0.4) is 0 Å². The Morgan fingerprint density at radius 3 is 2.53 bits per heavy atom. The summed E-state index contributed by atoms with van der Waals surface area (Å²) < 4.78 is 0. The van der Waals surface area contributed by atoms with Gasteiger partial charge in [-0.1, -0.05) is 18.2 Å². The highest BCUT2D eigenvalue weighted by molar-refractivity contribution is 5.93. The lowest BCUT2D eigenvalue weighted by Crippen LogP contribution is -2.38. The molecule has 1 aromatic carbocycles. The van der Waals surface area contributed by atoms with Gasteiger partial charge in [-0.15, -0.1) is 0 Å². The Morgan fingerprint density at radius 2 is 2.00 bits per heavy atom. The Bertz CT molecular complexity index is 330. The number of nitrogens with two attached hydrogens (primary N) is 1. The van der Waals surface area contributed by atoms with Crippen molar-refractivity contribution in [3.05, 3.63) is 30.3 Å². The van der Waals surface area contributed by atoms with Crippen LogP contribution in [-0.4, -0.2) is 12.0 Å². The summed E-state index contributed by atoms with van der Waals surface area (Å²) in [6.45, 7) is 0. The van der Waals surface area contributed by atoms with Crippen LogP contribution in [0.2, 0.25) is 0 Å². The smallest absolute Gasteiger partial charge is 0.210 e. The minimum Gasteiger partial charge on any atom is -0.325 e. The van der Waals surface area contributed by atoms with Gasteiger partial charge in [0.15, 0.2) is 0 Å². The number of aliphatic imine (C=N–C) groups is 1. The van der Waals surface area contributed by atoms with Crippen LogP contribution in [0.25, 0.3) is 0 Å². The Balaban J connectivity index is 1.98. The lowest BCUT2D eigenvalue weighted by atomic mass is 9.94. The molecular formula is C11H16N4. The van der Waals surface area contributed by atoms with Crippen molar-refractivity contribution in [2.45, 2.75) is 25.3 Å². The Morgan fingerprint density at radius 1 is 1.27 bits per heavy atom. The molecule has 2 rings (SSSR count). The van der Waals surface area contributed by atoms with Crippen molar-refractivity contribution in [3.8, 4) is 0 Å². The van der Waals surface area contributed by atoms with E-state index in [2.05, 4.69) is 15.7 Å². The molecule has 0 radical (unpaired) electrons. The predicted octanol–water partition coefficient (Wildman–Crippen LogP) is 1.47. The SMILES string of the molecule is NNC(=NC1CCC1)Nc1ccccc1. The molecule has 0 heterocycles. The zero-order valence-electron chi connectivity index (χ0n) is 8.61. The molecule has 0 atom stereocenters. The van der Waals surface area contributed by atoms with Gasteiger partial charge in [-0.05, 0) is 31.4 Å². The largest absolute Gasteiger partial charge is 0.325 e. The first-order valence-corrected chi connectivity index (χ1v) is 5.25. The molecule has 0 aromatic heterocycles. The quantitative estimate of drug-likeness (QED) is 0.296. The van der Waals surface area contributed by atoms with Gasteiger partial charge in [0.2, 0.25) is 5.96 Å². The molecule has 1 aliphatic rings. The van der Waals surface area contributed by atoms with Gasteiger partial charge in [0.25, 0.3) is 0 Å². The summed E-state index contributed by atoms with van der Waals surface area (Å²) in [5.41, 5.74) is 3.58. The molecule has 1 saturated carbocycles. The van der Waals surface area contributed by atoms with Crippen molar-refractivity contribution in [2.75, 3.05) is 5.32 Å². The van der Waals surface area contributed by atoms with Gasteiger partial charge < -0.3 is 5.32 Å². The van der Waals surface area contributed by atoms with Crippen molar-refractivity contribution in [1.82, 2.24) is 5.43 Å². The predicted molar refractivity (Wildman–Crippen MR) is 62.5 cm³/mol. The summed E-state index contributed by atoms with van der Waals surface area (Å²) in [6, 6.07) is 10.3. The first kappa shape index (κ1) is 9.98. The third kappa shape index (κ3) is 2.70. The molecule has 0 unspecified atom stereocenters. The van der Waals surface area contributed by atoms with E-state index < -0.39 is 0 Å². The number of nitrogens with one attached hydrogen (secondary N) is 2.